The molecule has 2 aliphatic rings. The zero-order valence-electron chi connectivity index (χ0n) is 29.8. The molecule has 13 heteroatoms. The maximum absolute atomic E-state index is 14.4. The minimum atomic E-state index is -1.29. The number of amides is 1. The molecule has 0 radical (unpaired) electrons. The molecule has 2 unspecified atom stereocenters. The minimum Gasteiger partial charge on any atom is -0.444 e. The molecular formula is C35H50ClN7O4Si. The van der Waals surface area contributed by atoms with Gasteiger partial charge in [0, 0.05) is 82.4 Å². The van der Waals surface area contributed by atoms with Crippen LogP contribution in [0.25, 0.3) is 33.1 Å². The molecule has 48 heavy (non-hydrogen) atoms. The second-order valence-corrected chi connectivity index (χ2v) is 21.7. The Hall–Kier alpha value is -3.35. The highest BCUT2D eigenvalue weighted by atomic mass is 35.5. The summed E-state index contributed by atoms with van der Waals surface area (Å²) in [6, 6.07) is 5.30. The van der Waals surface area contributed by atoms with Crippen molar-refractivity contribution in [2.24, 2.45) is 7.05 Å². The van der Waals surface area contributed by atoms with Crippen LogP contribution >= 0.6 is 11.6 Å². The van der Waals surface area contributed by atoms with E-state index in [1.54, 1.807) is 9.47 Å². The van der Waals surface area contributed by atoms with Crippen LogP contribution in [0.15, 0.2) is 29.3 Å². The van der Waals surface area contributed by atoms with Crippen molar-refractivity contribution < 1.29 is 14.3 Å². The Bertz CT molecular complexity index is 1890. The maximum atomic E-state index is 14.4. The highest BCUT2D eigenvalue weighted by molar-refractivity contribution is 6.76. The zero-order valence-corrected chi connectivity index (χ0v) is 31.6. The molecule has 0 aliphatic carbocycles. The van der Waals surface area contributed by atoms with E-state index < -0.39 is 13.7 Å². The Labute approximate surface area is 288 Å². The van der Waals surface area contributed by atoms with Gasteiger partial charge in [-0.15, -0.1) is 0 Å². The smallest absolute Gasteiger partial charge is 0.410 e. The molecule has 2 atom stereocenters. The van der Waals surface area contributed by atoms with E-state index in [-0.39, 0.29) is 36.5 Å². The number of halogens is 1. The highest BCUT2D eigenvalue weighted by Gasteiger charge is 2.45. The van der Waals surface area contributed by atoms with E-state index in [9.17, 15) is 9.59 Å². The van der Waals surface area contributed by atoms with Gasteiger partial charge in [-0.1, -0.05) is 37.3 Å². The molecule has 2 bridgehead atoms. The zero-order chi connectivity index (χ0) is 34.7. The van der Waals surface area contributed by atoms with E-state index in [1.165, 1.54) is 0 Å². The summed E-state index contributed by atoms with van der Waals surface area (Å²) in [4.78, 5) is 36.7. The third-order valence-corrected chi connectivity index (χ3v) is 11.9. The Morgan fingerprint density at radius 3 is 2.42 bits per heavy atom. The molecule has 6 rings (SSSR count). The molecule has 1 amide bonds. The van der Waals surface area contributed by atoms with Crippen molar-refractivity contribution in [1.82, 2.24) is 28.8 Å². The van der Waals surface area contributed by atoms with Gasteiger partial charge in [0.25, 0.3) is 5.56 Å². The van der Waals surface area contributed by atoms with Crippen LogP contribution in [-0.4, -0.2) is 80.3 Å². The lowest BCUT2D eigenvalue weighted by Gasteiger charge is -2.43. The van der Waals surface area contributed by atoms with E-state index in [4.69, 9.17) is 26.1 Å². The fourth-order valence-electron chi connectivity index (χ4n) is 7.13. The van der Waals surface area contributed by atoms with Gasteiger partial charge in [-0.3, -0.25) is 14.0 Å². The number of carbonyl (C=O) groups is 1. The monoisotopic (exact) mass is 695 g/mol. The standard InChI is InChI=1S/C35H50ClN7O4Si/c1-10-42-20-27-28(38-42)14-13-25(30(27)36)26-19-41(21-46-15-16-48(7,8)9)31-29(26)32(44)40(6)33(37-31)43-22-11-12-23(43)18-24(17-22)39(5)34(45)47-35(2,3)4/h13-14,19-20,22-24H,10-12,15-18,21H2,1-9H3. The van der Waals surface area contributed by atoms with E-state index in [0.29, 0.717) is 28.6 Å². The number of fused-ring (bicyclic) bond motifs is 4. The van der Waals surface area contributed by atoms with E-state index in [1.807, 2.05) is 75.6 Å². The number of aryl methyl sites for hydroxylation is 1. The minimum absolute atomic E-state index is 0.0544. The number of ether oxygens (including phenoxy) is 2. The molecule has 260 valence electrons. The average molecular weight is 696 g/mol. The third kappa shape index (κ3) is 6.63. The van der Waals surface area contributed by atoms with Crippen molar-refractivity contribution >= 4 is 53.7 Å². The fourth-order valence-corrected chi connectivity index (χ4v) is 8.20. The number of aromatic nitrogens is 5. The molecular weight excluding hydrogens is 646 g/mol. The number of carbonyl (C=O) groups excluding carboxylic acids is 1. The van der Waals surface area contributed by atoms with Crippen LogP contribution in [0, 0.1) is 0 Å². The van der Waals surface area contributed by atoms with Crippen LogP contribution in [0.4, 0.5) is 10.7 Å². The lowest BCUT2D eigenvalue weighted by atomic mass is 9.96. The molecule has 0 N–H and O–H groups in total. The Morgan fingerprint density at radius 1 is 1.10 bits per heavy atom. The molecule has 2 saturated heterocycles. The van der Waals surface area contributed by atoms with E-state index in [0.717, 1.165) is 60.3 Å². The molecule has 2 aliphatic heterocycles. The van der Waals surface area contributed by atoms with Crippen molar-refractivity contribution in [3.8, 4) is 11.1 Å². The van der Waals surface area contributed by atoms with Crippen molar-refractivity contribution in [1.29, 1.82) is 0 Å². The van der Waals surface area contributed by atoms with Gasteiger partial charge in [0.2, 0.25) is 5.95 Å². The van der Waals surface area contributed by atoms with E-state index >= 15 is 0 Å². The highest BCUT2D eigenvalue weighted by Crippen LogP contribution is 2.42. The summed E-state index contributed by atoms with van der Waals surface area (Å²) in [6.45, 7) is 16.4. The second kappa shape index (κ2) is 12.8. The summed E-state index contributed by atoms with van der Waals surface area (Å²) in [7, 11) is 2.35. The second-order valence-electron chi connectivity index (χ2n) is 15.7. The van der Waals surface area contributed by atoms with Gasteiger partial charge in [-0.05, 0) is 65.5 Å². The SMILES string of the molecule is CCn1cc2c(Cl)c(-c3cn(COCC[Si](C)(C)C)c4nc(N5C6CCC5CC(N(C)C(=O)OC(C)(C)C)C6)n(C)c(=O)c34)ccc2n1. The van der Waals surface area contributed by atoms with E-state index in [2.05, 4.69) is 29.6 Å². The first-order chi connectivity index (χ1) is 22.6. The molecule has 0 spiro atoms. The van der Waals surface area contributed by atoms with Gasteiger partial charge >= 0.3 is 6.09 Å². The molecule has 4 aromatic rings. The van der Waals surface area contributed by atoms with Crippen LogP contribution < -0.4 is 10.5 Å². The summed E-state index contributed by atoms with van der Waals surface area (Å²) in [5.74, 6) is 0.650. The van der Waals surface area contributed by atoms with Gasteiger partial charge in [0.05, 0.1) is 15.9 Å². The topological polar surface area (TPSA) is 99.6 Å². The first-order valence-corrected chi connectivity index (χ1v) is 21.2. The van der Waals surface area contributed by atoms with Gasteiger partial charge in [0.15, 0.2) is 5.65 Å². The number of piperidine rings is 1. The number of benzene rings is 1. The third-order valence-electron chi connectivity index (χ3n) is 9.75. The van der Waals surface area contributed by atoms with Gasteiger partial charge < -0.3 is 23.8 Å². The lowest BCUT2D eigenvalue weighted by Crippen LogP contribution is -2.53. The summed E-state index contributed by atoms with van der Waals surface area (Å²) >= 11 is 7.06. The van der Waals surface area contributed by atoms with Gasteiger partial charge in [0.1, 0.15) is 12.3 Å². The first-order valence-electron chi connectivity index (χ1n) is 17.1. The Kier molecular flexibility index (Phi) is 9.23. The van der Waals surface area contributed by atoms with Crippen LogP contribution in [0.2, 0.25) is 30.7 Å². The quantitative estimate of drug-likeness (QED) is 0.136. The summed E-state index contributed by atoms with van der Waals surface area (Å²) in [6.07, 6.45) is 7.14. The molecule has 5 heterocycles. The number of anilines is 1. The van der Waals surface area contributed by atoms with Crippen molar-refractivity contribution in [2.75, 3.05) is 18.6 Å². The van der Waals surface area contributed by atoms with Gasteiger partial charge in [-0.25, -0.2) is 4.79 Å². The Balaban J connectivity index is 1.39. The molecule has 2 fully saturated rings. The van der Waals surface area contributed by atoms with Crippen LogP contribution in [0.5, 0.6) is 0 Å². The molecule has 3 aromatic heterocycles. The number of hydrogen-bond acceptors (Lipinski definition) is 7. The predicted octanol–water partition coefficient (Wildman–Crippen LogP) is 7.10. The maximum Gasteiger partial charge on any atom is 0.410 e. The molecule has 1 aromatic carbocycles. The van der Waals surface area contributed by atoms with Crippen LogP contribution in [-0.2, 0) is 29.8 Å². The number of hydrogen-bond donors (Lipinski definition) is 0. The van der Waals surface area contributed by atoms with Crippen molar-refractivity contribution in [3.05, 3.63) is 39.9 Å². The lowest BCUT2D eigenvalue weighted by molar-refractivity contribution is 0.0186. The van der Waals surface area contributed by atoms with Crippen LogP contribution in [0.1, 0.15) is 53.4 Å². The fraction of sp³-hybridized carbons (Fsp3) is 0.600. The molecule has 11 nitrogen and oxygen atoms in total. The van der Waals surface area contributed by atoms with Gasteiger partial charge in [-0.2, -0.15) is 10.1 Å². The first kappa shape index (κ1) is 34.5. The number of rotatable bonds is 9. The average Bonchev–Trinajstić information content (AvgIpc) is 3.67. The largest absolute Gasteiger partial charge is 0.444 e. The van der Waals surface area contributed by atoms with Crippen molar-refractivity contribution in [3.63, 3.8) is 0 Å². The summed E-state index contributed by atoms with van der Waals surface area (Å²) in [5.41, 5.74) is 2.22. The Morgan fingerprint density at radius 2 is 1.79 bits per heavy atom. The number of nitrogens with zero attached hydrogens (tertiary/aromatic N) is 7. The van der Waals surface area contributed by atoms with Crippen LogP contribution in [0.3, 0.4) is 0 Å². The summed E-state index contributed by atoms with van der Waals surface area (Å²) < 4.78 is 17.4. The van der Waals surface area contributed by atoms with Crippen molar-refractivity contribution in [2.45, 2.75) is 116 Å². The summed E-state index contributed by atoms with van der Waals surface area (Å²) in [5, 5.41) is 6.55. The molecule has 0 saturated carbocycles. The predicted molar refractivity (Wildman–Crippen MR) is 195 cm³/mol. The normalized spacial score (nSPS) is 19.9.